The Morgan fingerprint density at radius 3 is 2.35 bits per heavy atom. The number of likely N-dealkylation sites (N-methyl/N-ethyl adjacent to an activating group) is 1. The van der Waals surface area contributed by atoms with Crippen molar-refractivity contribution in [3.8, 4) is 0 Å². The number of rotatable bonds is 5. The summed E-state index contributed by atoms with van der Waals surface area (Å²) in [7, 11) is 3.58. The van der Waals surface area contributed by atoms with Gasteiger partial charge >= 0.3 is 0 Å². The molecule has 150 valence electrons. The predicted octanol–water partition coefficient (Wildman–Crippen LogP) is 3.02. The fraction of sp³-hybridized carbons (Fsp3) is 0.722. The molecule has 0 unspecified atom stereocenters. The first kappa shape index (κ1) is 25.1. The molecule has 0 aliphatic heterocycles. The Labute approximate surface area is 179 Å². The molecule has 2 N–H and O–H groups in total. The summed E-state index contributed by atoms with van der Waals surface area (Å²) in [4.78, 5) is 22.8. The summed E-state index contributed by atoms with van der Waals surface area (Å²) in [5, 5.41) is 9.50. The van der Waals surface area contributed by atoms with Crippen molar-refractivity contribution in [1.29, 1.82) is 0 Å². The van der Waals surface area contributed by atoms with Crippen molar-refractivity contribution < 1.29 is 4.79 Å². The van der Waals surface area contributed by atoms with E-state index in [2.05, 4.69) is 41.8 Å². The average molecular weight is 495 g/mol. The number of carbonyl (C=O) groups is 1. The maximum Gasteiger partial charge on any atom is 0.240 e. The number of hydrogen-bond donors (Lipinski definition) is 2. The van der Waals surface area contributed by atoms with Crippen molar-refractivity contribution in [2.24, 2.45) is 4.99 Å². The Balaban J connectivity index is 0.00000625. The molecular formula is C18H34IN5OS. The standard InChI is InChI=1S/C18H33N5OS.HI/c1-17(2,3)13-12-25-15(21-13)9-10-20-16(19-7)23(8)11-14(24)22-18(4,5)6;/h12H,9-11H2,1-8H3,(H,19,20)(H,22,24);1H. The van der Waals surface area contributed by atoms with Crippen molar-refractivity contribution in [2.45, 2.75) is 58.9 Å². The lowest BCUT2D eigenvalue weighted by molar-refractivity contribution is -0.122. The Morgan fingerprint density at radius 1 is 1.27 bits per heavy atom. The van der Waals surface area contributed by atoms with Gasteiger partial charge in [0.25, 0.3) is 0 Å². The minimum atomic E-state index is -0.232. The van der Waals surface area contributed by atoms with Crippen LogP contribution in [-0.2, 0) is 16.6 Å². The van der Waals surface area contributed by atoms with Gasteiger partial charge in [0.1, 0.15) is 0 Å². The molecule has 0 radical (unpaired) electrons. The van der Waals surface area contributed by atoms with Crippen molar-refractivity contribution in [3.63, 3.8) is 0 Å². The predicted molar refractivity (Wildman–Crippen MR) is 122 cm³/mol. The largest absolute Gasteiger partial charge is 0.356 e. The third-order valence-corrected chi connectivity index (χ3v) is 4.32. The summed E-state index contributed by atoms with van der Waals surface area (Å²) in [6.45, 7) is 13.4. The summed E-state index contributed by atoms with van der Waals surface area (Å²) in [5.74, 6) is 0.685. The van der Waals surface area contributed by atoms with E-state index in [-0.39, 0.29) is 47.4 Å². The normalized spacial score (nSPS) is 12.4. The number of halogens is 1. The number of nitrogens with one attached hydrogen (secondary N) is 2. The van der Waals surface area contributed by atoms with Crippen LogP contribution >= 0.6 is 35.3 Å². The molecule has 1 aromatic rings. The van der Waals surface area contributed by atoms with Gasteiger partial charge in [0, 0.05) is 43.4 Å². The molecular weight excluding hydrogens is 461 g/mol. The fourth-order valence-electron chi connectivity index (χ4n) is 2.18. The minimum Gasteiger partial charge on any atom is -0.356 e. The van der Waals surface area contributed by atoms with E-state index in [4.69, 9.17) is 4.98 Å². The first-order valence-corrected chi connectivity index (χ1v) is 9.48. The molecule has 1 amide bonds. The minimum absolute atomic E-state index is 0. The summed E-state index contributed by atoms with van der Waals surface area (Å²) in [5.41, 5.74) is 0.983. The van der Waals surface area contributed by atoms with Gasteiger partial charge < -0.3 is 15.5 Å². The lowest BCUT2D eigenvalue weighted by Crippen LogP contribution is -2.49. The zero-order chi connectivity index (χ0) is 19.3. The molecule has 0 fully saturated rings. The van der Waals surface area contributed by atoms with E-state index < -0.39 is 0 Å². The van der Waals surface area contributed by atoms with Gasteiger partial charge in [0.2, 0.25) is 5.91 Å². The highest BCUT2D eigenvalue weighted by Crippen LogP contribution is 2.23. The maximum absolute atomic E-state index is 12.0. The maximum atomic E-state index is 12.0. The number of aliphatic imine (C=N–C) groups is 1. The molecule has 6 nitrogen and oxygen atoms in total. The number of guanidine groups is 1. The zero-order valence-corrected chi connectivity index (χ0v) is 20.4. The fourth-order valence-corrected chi connectivity index (χ4v) is 3.21. The van der Waals surface area contributed by atoms with Crippen LogP contribution in [-0.4, -0.2) is 54.5 Å². The van der Waals surface area contributed by atoms with Gasteiger partial charge in [-0.25, -0.2) is 4.98 Å². The third kappa shape index (κ3) is 9.16. The van der Waals surface area contributed by atoms with Crippen LogP contribution < -0.4 is 10.6 Å². The van der Waals surface area contributed by atoms with E-state index in [1.165, 1.54) is 0 Å². The zero-order valence-electron chi connectivity index (χ0n) is 17.3. The molecule has 0 saturated carbocycles. The van der Waals surface area contributed by atoms with E-state index in [0.29, 0.717) is 5.96 Å². The van der Waals surface area contributed by atoms with Crippen LogP contribution in [0, 0.1) is 0 Å². The molecule has 1 aromatic heterocycles. The third-order valence-electron chi connectivity index (χ3n) is 3.41. The van der Waals surface area contributed by atoms with Crippen molar-refractivity contribution in [1.82, 2.24) is 20.5 Å². The SMILES string of the molecule is CN=C(NCCc1nc(C(C)(C)C)cs1)N(C)CC(=O)NC(C)(C)C.I. The first-order chi connectivity index (χ1) is 11.4. The number of aromatic nitrogens is 1. The molecule has 0 aliphatic carbocycles. The Morgan fingerprint density at radius 2 is 1.88 bits per heavy atom. The Bertz CT molecular complexity index is 601. The van der Waals surface area contributed by atoms with Crippen LogP contribution in [0.5, 0.6) is 0 Å². The number of hydrogen-bond acceptors (Lipinski definition) is 4. The smallest absolute Gasteiger partial charge is 0.240 e. The van der Waals surface area contributed by atoms with Gasteiger partial charge in [0.15, 0.2) is 5.96 Å². The van der Waals surface area contributed by atoms with Crippen LogP contribution in [0.3, 0.4) is 0 Å². The number of amides is 1. The molecule has 1 heterocycles. The van der Waals surface area contributed by atoms with Gasteiger partial charge in [-0.05, 0) is 20.8 Å². The van der Waals surface area contributed by atoms with Crippen LogP contribution in [0.15, 0.2) is 10.4 Å². The number of nitrogens with zero attached hydrogens (tertiary/aromatic N) is 3. The average Bonchev–Trinajstić information content (AvgIpc) is 2.90. The molecule has 8 heteroatoms. The molecule has 0 aromatic carbocycles. The quantitative estimate of drug-likeness (QED) is 0.375. The van der Waals surface area contributed by atoms with Crippen molar-refractivity contribution in [2.75, 3.05) is 27.2 Å². The summed E-state index contributed by atoms with van der Waals surface area (Å²) in [6.07, 6.45) is 0.835. The van der Waals surface area contributed by atoms with E-state index in [0.717, 1.165) is 23.7 Å². The molecule has 0 saturated heterocycles. The Hall–Kier alpha value is -0.900. The van der Waals surface area contributed by atoms with Gasteiger partial charge in [-0.1, -0.05) is 20.8 Å². The number of carbonyl (C=O) groups excluding carboxylic acids is 1. The molecule has 0 aliphatic rings. The monoisotopic (exact) mass is 495 g/mol. The molecule has 1 rings (SSSR count). The van der Waals surface area contributed by atoms with Gasteiger partial charge in [-0.15, -0.1) is 35.3 Å². The van der Waals surface area contributed by atoms with E-state index in [1.54, 1.807) is 18.4 Å². The van der Waals surface area contributed by atoms with Gasteiger partial charge in [0.05, 0.1) is 17.2 Å². The van der Waals surface area contributed by atoms with Crippen LogP contribution in [0.25, 0.3) is 0 Å². The van der Waals surface area contributed by atoms with Crippen LogP contribution in [0.4, 0.5) is 0 Å². The summed E-state index contributed by atoms with van der Waals surface area (Å²) in [6, 6.07) is 0. The van der Waals surface area contributed by atoms with E-state index in [9.17, 15) is 4.79 Å². The number of thiazole rings is 1. The Kier molecular flexibility index (Phi) is 10.1. The molecule has 26 heavy (non-hydrogen) atoms. The molecule has 0 atom stereocenters. The lowest BCUT2D eigenvalue weighted by atomic mass is 9.93. The second-order valence-electron chi connectivity index (χ2n) is 8.25. The summed E-state index contributed by atoms with van der Waals surface area (Å²) < 4.78 is 0. The van der Waals surface area contributed by atoms with Crippen LogP contribution in [0.1, 0.15) is 52.2 Å². The second kappa shape index (κ2) is 10.4. The first-order valence-electron chi connectivity index (χ1n) is 8.60. The van der Waals surface area contributed by atoms with Crippen LogP contribution in [0.2, 0.25) is 0 Å². The lowest BCUT2D eigenvalue weighted by Gasteiger charge is -2.25. The highest BCUT2D eigenvalue weighted by Gasteiger charge is 2.18. The van der Waals surface area contributed by atoms with Crippen molar-refractivity contribution in [3.05, 3.63) is 16.1 Å². The van der Waals surface area contributed by atoms with E-state index >= 15 is 0 Å². The van der Waals surface area contributed by atoms with Crippen molar-refractivity contribution >= 4 is 47.2 Å². The van der Waals surface area contributed by atoms with Gasteiger partial charge in [-0.2, -0.15) is 0 Å². The van der Waals surface area contributed by atoms with Gasteiger partial charge in [-0.3, -0.25) is 9.79 Å². The highest BCUT2D eigenvalue weighted by atomic mass is 127. The summed E-state index contributed by atoms with van der Waals surface area (Å²) >= 11 is 1.69. The highest BCUT2D eigenvalue weighted by molar-refractivity contribution is 14.0. The topological polar surface area (TPSA) is 69.6 Å². The molecule has 0 bridgehead atoms. The van der Waals surface area contributed by atoms with E-state index in [1.807, 2.05) is 32.7 Å². The second-order valence-corrected chi connectivity index (χ2v) is 9.20. The molecule has 0 spiro atoms.